The van der Waals surface area contributed by atoms with Gasteiger partial charge in [0.15, 0.2) is 0 Å². The van der Waals surface area contributed by atoms with Gasteiger partial charge in [-0.25, -0.2) is 9.78 Å². The molecule has 3 aromatic rings. The molecule has 1 N–H and O–H groups in total. The molecule has 0 radical (unpaired) electrons. The van der Waals surface area contributed by atoms with Gasteiger partial charge < -0.3 is 15.1 Å². The fourth-order valence-corrected chi connectivity index (χ4v) is 4.68. The first-order valence-corrected chi connectivity index (χ1v) is 11.4. The molecule has 7 heteroatoms. The van der Waals surface area contributed by atoms with Crippen molar-refractivity contribution in [3.8, 4) is 0 Å². The van der Waals surface area contributed by atoms with Gasteiger partial charge in [-0.15, -0.1) is 0 Å². The summed E-state index contributed by atoms with van der Waals surface area (Å²) in [4.78, 5) is 21.8. The van der Waals surface area contributed by atoms with Crippen LogP contribution in [-0.4, -0.2) is 46.0 Å². The zero-order valence-corrected chi connectivity index (χ0v) is 19.4. The Morgan fingerprint density at radius 1 is 1.10 bits per heavy atom. The second-order valence-corrected chi connectivity index (χ2v) is 9.07. The Morgan fingerprint density at radius 3 is 2.48 bits per heavy atom. The molecule has 0 saturated carbocycles. The predicted molar refractivity (Wildman–Crippen MR) is 127 cm³/mol. The van der Waals surface area contributed by atoms with E-state index in [9.17, 15) is 4.79 Å². The van der Waals surface area contributed by atoms with Crippen molar-refractivity contribution < 1.29 is 4.79 Å². The fourth-order valence-electron chi connectivity index (χ4n) is 3.96. The van der Waals surface area contributed by atoms with Crippen molar-refractivity contribution in [3.05, 3.63) is 70.5 Å². The Kier molecular flexibility index (Phi) is 6.23. The molecule has 1 aliphatic heterocycles. The van der Waals surface area contributed by atoms with Crippen LogP contribution in [0.2, 0.25) is 0 Å². The zero-order valence-electron chi connectivity index (χ0n) is 18.6. The number of aryl methyl sites for hydroxylation is 3. The van der Waals surface area contributed by atoms with E-state index >= 15 is 0 Å². The number of benzene rings is 2. The number of anilines is 2. The third-order valence-corrected chi connectivity index (χ3v) is 6.63. The minimum absolute atomic E-state index is 0.0399. The number of piperazine rings is 1. The van der Waals surface area contributed by atoms with Crippen molar-refractivity contribution in [2.24, 2.45) is 0 Å². The second-order valence-electron chi connectivity index (χ2n) is 8.34. The summed E-state index contributed by atoms with van der Waals surface area (Å²) >= 11 is 1.44. The predicted octanol–water partition coefficient (Wildman–Crippen LogP) is 4.80. The summed E-state index contributed by atoms with van der Waals surface area (Å²) in [6.07, 6.45) is 0.741. The third kappa shape index (κ3) is 4.88. The van der Waals surface area contributed by atoms with Crippen molar-refractivity contribution in [2.45, 2.75) is 40.2 Å². The van der Waals surface area contributed by atoms with Gasteiger partial charge in [0.1, 0.15) is 5.82 Å². The lowest BCUT2D eigenvalue weighted by Gasteiger charge is -2.39. The molecule has 0 spiro atoms. The fraction of sp³-hybridized carbons (Fsp3) is 0.375. The van der Waals surface area contributed by atoms with Crippen molar-refractivity contribution in [1.82, 2.24) is 14.3 Å². The Bertz CT molecular complexity index is 1040. The third-order valence-electron chi connectivity index (χ3n) is 5.81. The molecule has 4 rings (SSSR count). The molecule has 1 aliphatic rings. The number of para-hydroxylation sites is 1. The highest BCUT2D eigenvalue weighted by Gasteiger charge is 2.29. The Labute approximate surface area is 188 Å². The van der Waals surface area contributed by atoms with Gasteiger partial charge in [-0.05, 0) is 44.4 Å². The number of rotatable bonds is 4. The molecule has 0 aliphatic carbocycles. The molecule has 2 aromatic carbocycles. The molecule has 6 nitrogen and oxygen atoms in total. The molecule has 1 atom stereocenters. The molecule has 2 amide bonds. The largest absolute Gasteiger partial charge is 0.343 e. The maximum Gasteiger partial charge on any atom is 0.322 e. The summed E-state index contributed by atoms with van der Waals surface area (Å²) in [6.45, 7) is 10.4. The second kappa shape index (κ2) is 9.06. The van der Waals surface area contributed by atoms with Crippen LogP contribution in [0, 0.1) is 20.8 Å². The monoisotopic (exact) mass is 435 g/mol. The molecule has 162 valence electrons. The van der Waals surface area contributed by atoms with Crippen molar-refractivity contribution >= 4 is 28.4 Å². The van der Waals surface area contributed by atoms with Gasteiger partial charge in [-0.1, -0.05) is 48.0 Å². The van der Waals surface area contributed by atoms with E-state index in [0.29, 0.717) is 6.54 Å². The van der Waals surface area contributed by atoms with Crippen LogP contribution in [0.4, 0.5) is 15.6 Å². The van der Waals surface area contributed by atoms with Crippen LogP contribution in [0.1, 0.15) is 35.0 Å². The number of urea groups is 1. The van der Waals surface area contributed by atoms with Gasteiger partial charge in [-0.2, -0.15) is 4.37 Å². The van der Waals surface area contributed by atoms with E-state index in [1.165, 1.54) is 22.7 Å². The molecule has 31 heavy (non-hydrogen) atoms. The summed E-state index contributed by atoms with van der Waals surface area (Å²) in [5.41, 5.74) is 5.54. The maximum absolute atomic E-state index is 12.9. The first-order chi connectivity index (χ1) is 14.9. The first-order valence-electron chi connectivity index (χ1n) is 10.7. The summed E-state index contributed by atoms with van der Waals surface area (Å²) in [6, 6.07) is 14.6. The number of nitrogens with one attached hydrogen (secondary N) is 1. The Hall–Kier alpha value is -2.93. The lowest BCUT2D eigenvalue weighted by Crippen LogP contribution is -2.55. The van der Waals surface area contributed by atoms with Gasteiger partial charge >= 0.3 is 6.03 Å². The number of carbonyl (C=O) groups excluding carboxylic acids is 1. The van der Waals surface area contributed by atoms with Crippen LogP contribution in [0.15, 0.2) is 42.5 Å². The zero-order chi connectivity index (χ0) is 22.0. The molecule has 1 aromatic heterocycles. The minimum Gasteiger partial charge on any atom is -0.343 e. The Balaban J connectivity index is 1.37. The maximum atomic E-state index is 12.9. The van der Waals surface area contributed by atoms with Crippen LogP contribution < -0.4 is 10.2 Å². The molecule has 1 saturated heterocycles. The van der Waals surface area contributed by atoms with Gasteiger partial charge in [0.05, 0.1) is 0 Å². The van der Waals surface area contributed by atoms with Crippen LogP contribution in [0.25, 0.3) is 0 Å². The minimum atomic E-state index is -0.0399. The number of aromatic nitrogens is 2. The highest BCUT2D eigenvalue weighted by Crippen LogP contribution is 2.24. The quantitative estimate of drug-likeness (QED) is 0.640. The summed E-state index contributed by atoms with van der Waals surface area (Å²) in [5, 5.41) is 4.05. The normalized spacial score (nSPS) is 16.5. The van der Waals surface area contributed by atoms with Crippen molar-refractivity contribution in [3.63, 3.8) is 0 Å². The van der Waals surface area contributed by atoms with Crippen LogP contribution in [0.3, 0.4) is 0 Å². The molecule has 1 fully saturated rings. The van der Waals surface area contributed by atoms with Gasteiger partial charge in [0, 0.05) is 49.3 Å². The average Bonchev–Trinajstić information content (AvgIpc) is 3.21. The standard InChI is InChI=1S/C24H29N5OS/c1-16-8-10-20(11-9-16)14-21-25-24(31-27-21)28-12-13-29(19(4)15-28)23(30)26-22-17(2)6-5-7-18(22)3/h5-11,19H,12-15H2,1-4H3,(H,26,30). The van der Waals surface area contributed by atoms with E-state index in [0.717, 1.165) is 47.3 Å². The van der Waals surface area contributed by atoms with Crippen LogP contribution >= 0.6 is 11.5 Å². The Morgan fingerprint density at radius 2 is 1.81 bits per heavy atom. The number of hydrogen-bond acceptors (Lipinski definition) is 5. The van der Waals surface area contributed by atoms with Crippen molar-refractivity contribution in [1.29, 1.82) is 0 Å². The van der Waals surface area contributed by atoms with Gasteiger partial charge in [0.25, 0.3) is 0 Å². The van der Waals surface area contributed by atoms with E-state index in [1.807, 2.05) is 36.9 Å². The summed E-state index contributed by atoms with van der Waals surface area (Å²) in [5.74, 6) is 0.853. The SMILES string of the molecule is Cc1ccc(Cc2nsc(N3CCN(C(=O)Nc4c(C)cccc4C)C(C)C3)n2)cc1. The smallest absolute Gasteiger partial charge is 0.322 e. The van der Waals surface area contributed by atoms with E-state index in [-0.39, 0.29) is 12.1 Å². The first kappa shape index (κ1) is 21.3. The van der Waals surface area contributed by atoms with Gasteiger partial charge in [-0.3, -0.25) is 0 Å². The summed E-state index contributed by atoms with van der Waals surface area (Å²) in [7, 11) is 0. The van der Waals surface area contributed by atoms with E-state index in [4.69, 9.17) is 4.98 Å². The van der Waals surface area contributed by atoms with E-state index < -0.39 is 0 Å². The lowest BCUT2D eigenvalue weighted by atomic mass is 10.1. The topological polar surface area (TPSA) is 61.4 Å². The number of amides is 2. The molecule has 2 heterocycles. The molecular formula is C24H29N5OS. The highest BCUT2D eigenvalue weighted by atomic mass is 32.1. The highest BCUT2D eigenvalue weighted by molar-refractivity contribution is 7.09. The molecule has 1 unspecified atom stereocenters. The van der Waals surface area contributed by atoms with Crippen LogP contribution in [0.5, 0.6) is 0 Å². The number of hydrogen-bond donors (Lipinski definition) is 1. The molecule has 0 bridgehead atoms. The molecular weight excluding hydrogens is 406 g/mol. The summed E-state index contributed by atoms with van der Waals surface area (Å²) < 4.78 is 4.56. The lowest BCUT2D eigenvalue weighted by molar-refractivity contribution is 0.185. The average molecular weight is 436 g/mol. The number of carbonyl (C=O) groups is 1. The van der Waals surface area contributed by atoms with Crippen molar-refractivity contribution in [2.75, 3.05) is 29.9 Å². The van der Waals surface area contributed by atoms with E-state index in [1.54, 1.807) is 0 Å². The number of nitrogens with zero attached hydrogens (tertiary/aromatic N) is 4. The van der Waals surface area contributed by atoms with Crippen LogP contribution in [-0.2, 0) is 6.42 Å². The van der Waals surface area contributed by atoms with E-state index in [2.05, 4.69) is 52.7 Å². The van der Waals surface area contributed by atoms with Gasteiger partial charge in [0.2, 0.25) is 5.13 Å².